The van der Waals surface area contributed by atoms with Crippen LogP contribution in [0.2, 0.25) is 0 Å². The predicted molar refractivity (Wildman–Crippen MR) is 90.3 cm³/mol. The highest BCUT2D eigenvalue weighted by Crippen LogP contribution is 2.29. The molecule has 1 heterocycles. The normalized spacial score (nSPS) is 11.1. The van der Waals surface area contributed by atoms with Gasteiger partial charge in [0.15, 0.2) is 0 Å². The van der Waals surface area contributed by atoms with Crippen molar-refractivity contribution in [2.45, 2.75) is 40.2 Å². The first-order valence-corrected chi connectivity index (χ1v) is 8.34. The Balaban J connectivity index is 2.07. The molecular weight excluding hydrogens is 280 g/mol. The van der Waals surface area contributed by atoms with E-state index in [2.05, 4.69) is 38.2 Å². The average molecular weight is 304 g/mol. The lowest BCUT2D eigenvalue weighted by molar-refractivity contribution is 0.340. The van der Waals surface area contributed by atoms with Gasteiger partial charge in [0.05, 0.1) is 17.3 Å². The molecule has 0 radical (unpaired) electrons. The van der Waals surface area contributed by atoms with Gasteiger partial charge in [-0.25, -0.2) is 4.98 Å². The van der Waals surface area contributed by atoms with Crippen LogP contribution in [0.4, 0.5) is 0 Å². The van der Waals surface area contributed by atoms with E-state index in [0.717, 1.165) is 30.0 Å². The van der Waals surface area contributed by atoms with Crippen molar-refractivity contribution in [2.24, 2.45) is 0 Å². The fraction of sp³-hybridized carbons (Fsp3) is 0.471. The molecule has 0 aliphatic rings. The van der Waals surface area contributed by atoms with Gasteiger partial charge in [-0.3, -0.25) is 0 Å². The summed E-state index contributed by atoms with van der Waals surface area (Å²) >= 11 is 1.79. The highest BCUT2D eigenvalue weighted by atomic mass is 32.1. The molecule has 0 unspecified atom stereocenters. The number of nitrogens with one attached hydrogen (secondary N) is 1. The molecule has 0 aliphatic carbocycles. The van der Waals surface area contributed by atoms with Gasteiger partial charge in [0.1, 0.15) is 5.75 Å². The molecule has 0 fully saturated rings. The lowest BCUT2D eigenvalue weighted by Gasteiger charge is -2.05. The van der Waals surface area contributed by atoms with E-state index in [0.29, 0.717) is 12.6 Å². The van der Waals surface area contributed by atoms with Crippen molar-refractivity contribution in [2.75, 3.05) is 13.2 Å². The van der Waals surface area contributed by atoms with Crippen LogP contribution in [-0.4, -0.2) is 24.2 Å². The van der Waals surface area contributed by atoms with Gasteiger partial charge in [-0.05, 0) is 38.1 Å². The first-order chi connectivity index (χ1) is 10.1. The zero-order valence-corrected chi connectivity index (χ0v) is 14.1. The first kappa shape index (κ1) is 16.0. The van der Waals surface area contributed by atoms with Gasteiger partial charge in [0.25, 0.3) is 0 Å². The predicted octanol–water partition coefficient (Wildman–Crippen LogP) is 4.06. The van der Waals surface area contributed by atoms with Crippen molar-refractivity contribution >= 4 is 11.3 Å². The number of thiazole rings is 1. The summed E-state index contributed by atoms with van der Waals surface area (Å²) in [5, 5.41) is 4.63. The molecule has 21 heavy (non-hydrogen) atoms. The maximum Gasteiger partial charge on any atom is 0.119 e. The smallest absolute Gasteiger partial charge is 0.119 e. The zero-order valence-electron chi connectivity index (χ0n) is 13.3. The Morgan fingerprint density at radius 2 is 1.95 bits per heavy atom. The highest BCUT2D eigenvalue weighted by molar-refractivity contribution is 7.12. The summed E-state index contributed by atoms with van der Waals surface area (Å²) in [4.78, 5) is 6.07. The molecular formula is C17H24N2OS. The van der Waals surface area contributed by atoms with Crippen molar-refractivity contribution in [3.8, 4) is 17.0 Å². The SMILES string of the molecule is CCOc1ccc(-c2nc(CCNC(C)C)sc2C)cc1. The molecule has 0 aliphatic heterocycles. The largest absolute Gasteiger partial charge is 0.494 e. The standard InChI is InChI=1S/C17H24N2OS/c1-5-20-15-8-6-14(7-9-15)17-13(4)21-16(19-17)10-11-18-12(2)3/h6-9,12,18H,5,10-11H2,1-4H3. The van der Waals surface area contributed by atoms with E-state index in [-0.39, 0.29) is 0 Å². The summed E-state index contributed by atoms with van der Waals surface area (Å²) in [5.41, 5.74) is 2.26. The molecule has 114 valence electrons. The minimum Gasteiger partial charge on any atom is -0.494 e. The molecule has 1 aromatic carbocycles. The van der Waals surface area contributed by atoms with Crippen LogP contribution < -0.4 is 10.1 Å². The summed E-state index contributed by atoms with van der Waals surface area (Å²) in [6.07, 6.45) is 0.987. The quantitative estimate of drug-likeness (QED) is 0.837. The lowest BCUT2D eigenvalue weighted by Crippen LogP contribution is -2.24. The number of aromatic nitrogens is 1. The van der Waals surface area contributed by atoms with Crippen molar-refractivity contribution in [3.63, 3.8) is 0 Å². The Bertz CT molecular complexity index is 561. The molecule has 0 bridgehead atoms. The van der Waals surface area contributed by atoms with Crippen LogP contribution >= 0.6 is 11.3 Å². The van der Waals surface area contributed by atoms with Crippen molar-refractivity contribution in [1.29, 1.82) is 0 Å². The minimum atomic E-state index is 0.525. The molecule has 0 spiro atoms. The number of nitrogens with zero attached hydrogens (tertiary/aromatic N) is 1. The number of rotatable bonds is 7. The molecule has 0 atom stereocenters. The molecule has 3 nitrogen and oxygen atoms in total. The van der Waals surface area contributed by atoms with Gasteiger partial charge in [-0.15, -0.1) is 11.3 Å². The summed E-state index contributed by atoms with van der Waals surface area (Å²) in [7, 11) is 0. The van der Waals surface area contributed by atoms with Crippen LogP contribution in [0.15, 0.2) is 24.3 Å². The van der Waals surface area contributed by atoms with Crippen molar-refractivity contribution in [1.82, 2.24) is 10.3 Å². The molecule has 2 rings (SSSR count). The summed E-state index contributed by atoms with van der Waals surface area (Å²) in [6, 6.07) is 8.72. The zero-order chi connectivity index (χ0) is 15.2. The van der Waals surface area contributed by atoms with Crippen LogP contribution in [-0.2, 0) is 6.42 Å². The first-order valence-electron chi connectivity index (χ1n) is 7.53. The second kappa shape index (κ2) is 7.57. The van der Waals surface area contributed by atoms with Crippen molar-refractivity contribution in [3.05, 3.63) is 34.2 Å². The Labute approximate surface area is 131 Å². The highest BCUT2D eigenvalue weighted by Gasteiger charge is 2.10. The fourth-order valence-corrected chi connectivity index (χ4v) is 3.12. The van der Waals surface area contributed by atoms with E-state index in [1.807, 2.05) is 19.1 Å². The summed E-state index contributed by atoms with van der Waals surface area (Å²) in [6.45, 7) is 10.1. The number of ether oxygens (including phenoxy) is 1. The summed E-state index contributed by atoms with van der Waals surface area (Å²) in [5.74, 6) is 0.912. The van der Waals surface area contributed by atoms with E-state index in [9.17, 15) is 0 Å². The summed E-state index contributed by atoms with van der Waals surface area (Å²) < 4.78 is 5.48. The third-order valence-electron chi connectivity index (χ3n) is 3.17. The number of aryl methyl sites for hydroxylation is 1. The maximum absolute atomic E-state index is 5.48. The van der Waals surface area contributed by atoms with Crippen LogP contribution in [0.3, 0.4) is 0 Å². The second-order valence-electron chi connectivity index (χ2n) is 5.33. The van der Waals surface area contributed by atoms with Gasteiger partial charge in [0, 0.05) is 29.4 Å². The van der Waals surface area contributed by atoms with Crippen LogP contribution in [0.25, 0.3) is 11.3 Å². The topological polar surface area (TPSA) is 34.1 Å². The van der Waals surface area contributed by atoms with Crippen molar-refractivity contribution < 1.29 is 4.74 Å². The van der Waals surface area contributed by atoms with Crippen LogP contribution in [0.5, 0.6) is 5.75 Å². The monoisotopic (exact) mass is 304 g/mol. The Kier molecular flexibility index (Phi) is 5.76. The maximum atomic E-state index is 5.48. The number of hydrogen-bond donors (Lipinski definition) is 1. The average Bonchev–Trinajstić information content (AvgIpc) is 2.81. The van der Waals surface area contributed by atoms with Crippen LogP contribution in [0.1, 0.15) is 30.7 Å². The Morgan fingerprint density at radius 1 is 1.24 bits per heavy atom. The number of benzene rings is 1. The lowest BCUT2D eigenvalue weighted by atomic mass is 10.1. The molecule has 1 aromatic heterocycles. The molecule has 2 aromatic rings. The van der Waals surface area contributed by atoms with Gasteiger partial charge in [-0.2, -0.15) is 0 Å². The van der Waals surface area contributed by atoms with Gasteiger partial charge < -0.3 is 10.1 Å². The van der Waals surface area contributed by atoms with Gasteiger partial charge >= 0.3 is 0 Å². The number of hydrogen-bond acceptors (Lipinski definition) is 4. The molecule has 0 saturated carbocycles. The third kappa shape index (κ3) is 4.55. The van der Waals surface area contributed by atoms with Gasteiger partial charge in [0.2, 0.25) is 0 Å². The van der Waals surface area contributed by atoms with Crippen LogP contribution in [0, 0.1) is 6.92 Å². The van der Waals surface area contributed by atoms with Gasteiger partial charge in [-0.1, -0.05) is 13.8 Å². The molecule has 0 saturated heterocycles. The second-order valence-corrected chi connectivity index (χ2v) is 6.62. The molecule has 4 heteroatoms. The Hall–Kier alpha value is -1.39. The van der Waals surface area contributed by atoms with E-state index in [1.165, 1.54) is 9.88 Å². The van der Waals surface area contributed by atoms with E-state index in [1.54, 1.807) is 11.3 Å². The molecule has 0 amide bonds. The third-order valence-corrected chi connectivity index (χ3v) is 4.20. The fourth-order valence-electron chi connectivity index (χ4n) is 2.17. The minimum absolute atomic E-state index is 0.525. The van der Waals surface area contributed by atoms with E-state index in [4.69, 9.17) is 9.72 Å². The van der Waals surface area contributed by atoms with E-state index < -0.39 is 0 Å². The van der Waals surface area contributed by atoms with E-state index >= 15 is 0 Å². The molecule has 1 N–H and O–H groups in total. The Morgan fingerprint density at radius 3 is 2.57 bits per heavy atom.